The Labute approximate surface area is 185 Å². The van der Waals surface area contributed by atoms with Crippen molar-refractivity contribution in [3.8, 4) is 10.8 Å². The molecule has 0 saturated carbocycles. The molecule has 0 amide bonds. The summed E-state index contributed by atoms with van der Waals surface area (Å²) in [6.45, 7) is 5.72. The van der Waals surface area contributed by atoms with E-state index in [1.807, 2.05) is 36.6 Å². The Bertz CT molecular complexity index is 1180. The standard InChI is InChI=1S/C22H24N2O5S2/c1-14-10-15(2)20(16(3)11-14)31(26,27)24-8-4-6-18(24)22(25)29-13-17-12-28-21(23-17)19-7-5-9-30-19/h5,7,9-12,18H,4,6,8,13H2,1-3H3. The number of aromatic nitrogens is 1. The zero-order valence-electron chi connectivity index (χ0n) is 17.6. The Balaban J connectivity index is 1.49. The van der Waals surface area contributed by atoms with Gasteiger partial charge in [-0.25, -0.2) is 13.4 Å². The third-order valence-electron chi connectivity index (χ3n) is 5.29. The van der Waals surface area contributed by atoms with Crippen LogP contribution in [0.25, 0.3) is 10.8 Å². The van der Waals surface area contributed by atoms with Gasteiger partial charge in [-0.05, 0) is 56.2 Å². The first-order valence-electron chi connectivity index (χ1n) is 10.0. The number of thiophene rings is 1. The van der Waals surface area contributed by atoms with Crippen molar-refractivity contribution in [2.24, 2.45) is 0 Å². The van der Waals surface area contributed by atoms with Gasteiger partial charge in [-0.15, -0.1) is 11.3 Å². The molecule has 1 atom stereocenters. The van der Waals surface area contributed by atoms with Crippen LogP contribution in [0.2, 0.25) is 0 Å². The predicted octanol–water partition coefficient (Wildman–Crippen LogP) is 4.22. The molecule has 9 heteroatoms. The van der Waals surface area contributed by atoms with Crippen molar-refractivity contribution in [2.45, 2.75) is 51.2 Å². The van der Waals surface area contributed by atoms with E-state index in [1.165, 1.54) is 21.9 Å². The Morgan fingerprint density at radius 2 is 2.03 bits per heavy atom. The molecule has 3 aromatic rings. The summed E-state index contributed by atoms with van der Waals surface area (Å²) in [5, 5.41) is 1.92. The van der Waals surface area contributed by atoms with E-state index in [-0.39, 0.29) is 11.5 Å². The molecule has 0 bridgehead atoms. The van der Waals surface area contributed by atoms with Gasteiger partial charge in [0, 0.05) is 6.54 Å². The lowest BCUT2D eigenvalue weighted by Gasteiger charge is -2.24. The van der Waals surface area contributed by atoms with Gasteiger partial charge in [0.2, 0.25) is 15.9 Å². The monoisotopic (exact) mass is 460 g/mol. The number of ether oxygens (including phenoxy) is 1. The summed E-state index contributed by atoms with van der Waals surface area (Å²) in [5.74, 6) is -0.0967. The summed E-state index contributed by atoms with van der Waals surface area (Å²) in [6.07, 6.45) is 2.49. The van der Waals surface area contributed by atoms with E-state index in [0.717, 1.165) is 10.4 Å². The maximum atomic E-state index is 13.4. The molecule has 3 heterocycles. The summed E-state index contributed by atoms with van der Waals surface area (Å²) in [6, 6.07) is 6.64. The van der Waals surface area contributed by atoms with Gasteiger partial charge < -0.3 is 9.15 Å². The first-order chi connectivity index (χ1) is 14.8. The van der Waals surface area contributed by atoms with Crippen molar-refractivity contribution in [1.29, 1.82) is 0 Å². The summed E-state index contributed by atoms with van der Waals surface area (Å²) < 4.78 is 38.9. The summed E-state index contributed by atoms with van der Waals surface area (Å²) in [7, 11) is -3.82. The largest absolute Gasteiger partial charge is 0.458 e. The number of benzene rings is 1. The molecule has 1 unspecified atom stereocenters. The summed E-state index contributed by atoms with van der Waals surface area (Å²) >= 11 is 1.50. The van der Waals surface area contributed by atoms with Crippen LogP contribution >= 0.6 is 11.3 Å². The highest BCUT2D eigenvalue weighted by Gasteiger charge is 2.41. The summed E-state index contributed by atoms with van der Waals surface area (Å²) in [4.78, 5) is 18.3. The van der Waals surface area contributed by atoms with Gasteiger partial charge in [0.15, 0.2) is 0 Å². The molecular weight excluding hydrogens is 436 g/mol. The zero-order valence-corrected chi connectivity index (χ0v) is 19.3. The SMILES string of the molecule is Cc1cc(C)c(S(=O)(=O)N2CCCC2C(=O)OCc2coc(-c3cccs3)n2)c(C)c1. The van der Waals surface area contributed by atoms with Crippen molar-refractivity contribution in [3.05, 3.63) is 58.3 Å². The average Bonchev–Trinajstić information content (AvgIpc) is 3.46. The molecule has 0 radical (unpaired) electrons. The molecule has 2 aromatic heterocycles. The fourth-order valence-corrected chi connectivity index (χ4v) is 6.80. The van der Waals surface area contributed by atoms with Gasteiger partial charge in [0.05, 0.1) is 9.77 Å². The van der Waals surface area contributed by atoms with Gasteiger partial charge in [-0.1, -0.05) is 23.8 Å². The van der Waals surface area contributed by atoms with Gasteiger partial charge in [-0.3, -0.25) is 4.79 Å². The molecule has 1 aliphatic heterocycles. The Kier molecular flexibility index (Phi) is 6.00. The molecule has 1 fully saturated rings. The number of hydrogen-bond donors (Lipinski definition) is 0. The second-order valence-electron chi connectivity index (χ2n) is 7.73. The Hall–Kier alpha value is -2.49. The zero-order chi connectivity index (χ0) is 22.2. The van der Waals surface area contributed by atoms with Gasteiger partial charge in [0.25, 0.3) is 0 Å². The van der Waals surface area contributed by atoms with Crippen LogP contribution in [0.1, 0.15) is 35.2 Å². The molecule has 0 N–H and O–H groups in total. The maximum absolute atomic E-state index is 13.4. The number of sulfonamides is 1. The first kappa shape index (κ1) is 21.7. The fraction of sp³-hybridized carbons (Fsp3) is 0.364. The van der Waals surface area contributed by atoms with Gasteiger partial charge >= 0.3 is 5.97 Å². The number of carbonyl (C=O) groups is 1. The number of rotatable bonds is 6. The van der Waals surface area contributed by atoms with E-state index in [2.05, 4.69) is 4.98 Å². The Morgan fingerprint density at radius 1 is 1.29 bits per heavy atom. The van der Waals surface area contributed by atoms with Crippen molar-refractivity contribution in [1.82, 2.24) is 9.29 Å². The fourth-order valence-electron chi connectivity index (χ4n) is 4.08. The predicted molar refractivity (Wildman–Crippen MR) is 117 cm³/mol. The van der Waals surface area contributed by atoms with Crippen molar-refractivity contribution in [3.63, 3.8) is 0 Å². The van der Waals surface area contributed by atoms with E-state index in [0.29, 0.717) is 42.1 Å². The topological polar surface area (TPSA) is 89.7 Å². The van der Waals surface area contributed by atoms with Crippen molar-refractivity contribution < 1.29 is 22.4 Å². The molecule has 4 rings (SSSR count). The molecule has 7 nitrogen and oxygen atoms in total. The summed E-state index contributed by atoms with van der Waals surface area (Å²) in [5.41, 5.74) is 2.84. The highest BCUT2D eigenvalue weighted by molar-refractivity contribution is 7.89. The van der Waals surface area contributed by atoms with Crippen LogP contribution in [0, 0.1) is 20.8 Å². The minimum Gasteiger partial charge on any atom is -0.458 e. The van der Waals surface area contributed by atoms with Gasteiger partial charge in [0.1, 0.15) is 24.6 Å². The molecule has 1 aliphatic rings. The van der Waals surface area contributed by atoms with Crippen LogP contribution in [0.4, 0.5) is 0 Å². The highest BCUT2D eigenvalue weighted by Crippen LogP contribution is 2.31. The van der Waals surface area contributed by atoms with E-state index < -0.39 is 22.0 Å². The molecule has 0 aliphatic carbocycles. The molecule has 1 aromatic carbocycles. The lowest BCUT2D eigenvalue weighted by molar-refractivity contribution is -0.148. The normalized spacial score (nSPS) is 17.2. The molecule has 1 saturated heterocycles. The average molecular weight is 461 g/mol. The highest BCUT2D eigenvalue weighted by atomic mass is 32.2. The third-order valence-corrected chi connectivity index (χ3v) is 8.37. The number of aryl methyl sites for hydroxylation is 3. The molecular formula is C22H24N2O5S2. The molecule has 164 valence electrons. The van der Waals surface area contributed by atoms with E-state index in [9.17, 15) is 13.2 Å². The second-order valence-corrected chi connectivity index (χ2v) is 10.5. The molecule has 0 spiro atoms. The number of esters is 1. The van der Waals surface area contributed by atoms with E-state index >= 15 is 0 Å². The maximum Gasteiger partial charge on any atom is 0.324 e. The minimum atomic E-state index is -3.82. The van der Waals surface area contributed by atoms with Crippen LogP contribution in [0.3, 0.4) is 0 Å². The number of oxazole rings is 1. The quantitative estimate of drug-likeness (QED) is 0.512. The minimum absolute atomic E-state index is 0.0688. The number of nitrogens with zero attached hydrogens (tertiary/aromatic N) is 2. The Morgan fingerprint density at radius 3 is 2.71 bits per heavy atom. The van der Waals surface area contributed by atoms with Gasteiger partial charge in [-0.2, -0.15) is 4.31 Å². The number of carbonyl (C=O) groups excluding carboxylic acids is 1. The van der Waals surface area contributed by atoms with Crippen LogP contribution in [-0.2, 0) is 26.2 Å². The van der Waals surface area contributed by atoms with Crippen LogP contribution < -0.4 is 0 Å². The lowest BCUT2D eigenvalue weighted by Crippen LogP contribution is -2.41. The first-order valence-corrected chi connectivity index (χ1v) is 12.3. The van der Waals surface area contributed by atoms with E-state index in [1.54, 1.807) is 13.8 Å². The van der Waals surface area contributed by atoms with Crippen molar-refractivity contribution >= 4 is 27.3 Å². The van der Waals surface area contributed by atoms with E-state index in [4.69, 9.17) is 9.15 Å². The lowest BCUT2D eigenvalue weighted by atomic mass is 10.1. The van der Waals surface area contributed by atoms with Crippen LogP contribution in [-0.4, -0.2) is 36.3 Å². The smallest absolute Gasteiger partial charge is 0.324 e. The number of hydrogen-bond acceptors (Lipinski definition) is 7. The van der Waals surface area contributed by atoms with Crippen LogP contribution in [0.5, 0.6) is 0 Å². The molecule has 31 heavy (non-hydrogen) atoms. The van der Waals surface area contributed by atoms with Crippen LogP contribution in [0.15, 0.2) is 45.2 Å². The second kappa shape index (κ2) is 8.57. The third kappa shape index (κ3) is 4.30. The van der Waals surface area contributed by atoms with Crippen molar-refractivity contribution in [2.75, 3.05) is 6.54 Å².